The van der Waals surface area contributed by atoms with E-state index in [2.05, 4.69) is 23.6 Å². The molecule has 0 aromatic rings. The van der Waals surface area contributed by atoms with Crippen molar-refractivity contribution in [2.24, 2.45) is 28.6 Å². The van der Waals surface area contributed by atoms with Gasteiger partial charge < -0.3 is 24.2 Å². The summed E-state index contributed by atoms with van der Waals surface area (Å²) in [5, 5.41) is 28.9. The monoisotopic (exact) mass is 661 g/mol. The standard InChI is InChI=1S/C34H51N3O10/c1-4-6-30-46-28-18-25-24-8-7-22-17-23(38)9-10-32(22,2)31(24)26(39)19-33(25,3)34(28,47-30)27(40)21-44-29(41)20-36-14-12-35(13-15-36)11-5-16-45-37(42)43/h9-10,17,24-26,28,30-31,39,42-43H,4-8,11-16,18-21H2,1-3H3/t24?,25?,26-,28+,30?,31?,32-,33-,34+/m0/s1. The number of ether oxygens (including phenoxy) is 3. The van der Waals surface area contributed by atoms with Gasteiger partial charge in [-0.2, -0.15) is 0 Å². The van der Waals surface area contributed by atoms with Crippen LogP contribution in [0.3, 0.4) is 0 Å². The van der Waals surface area contributed by atoms with Crippen molar-refractivity contribution in [2.45, 2.75) is 89.8 Å². The summed E-state index contributed by atoms with van der Waals surface area (Å²) < 4.78 is 18.8. The third-order valence-electron chi connectivity index (χ3n) is 12.2. The molecule has 262 valence electrons. The molecule has 6 aliphatic rings. The number of carbonyl (C=O) groups excluding carboxylic acids is 3. The van der Waals surface area contributed by atoms with Crippen LogP contribution in [-0.2, 0) is 33.4 Å². The molecule has 4 unspecified atom stereocenters. The van der Waals surface area contributed by atoms with E-state index in [1.807, 2.05) is 17.9 Å². The van der Waals surface area contributed by atoms with Crippen LogP contribution >= 0.6 is 0 Å². The van der Waals surface area contributed by atoms with Gasteiger partial charge in [-0.3, -0.25) is 34.5 Å². The number of hydrogen-bond acceptors (Lipinski definition) is 13. The zero-order valence-electron chi connectivity index (χ0n) is 27.8. The van der Waals surface area contributed by atoms with E-state index in [1.165, 1.54) is 0 Å². The van der Waals surface area contributed by atoms with Crippen LogP contribution in [0.15, 0.2) is 23.8 Å². The predicted molar refractivity (Wildman–Crippen MR) is 166 cm³/mol. The number of rotatable bonds is 12. The number of nitrogens with zero attached hydrogens (tertiary/aromatic N) is 3. The zero-order chi connectivity index (χ0) is 33.6. The van der Waals surface area contributed by atoms with E-state index in [4.69, 9.17) is 24.6 Å². The van der Waals surface area contributed by atoms with Crippen molar-refractivity contribution >= 4 is 17.5 Å². The van der Waals surface area contributed by atoms with E-state index >= 15 is 0 Å². The molecule has 6 rings (SSSR count). The molecule has 0 aromatic heterocycles. The second-order valence-corrected chi connectivity index (χ2v) is 14.8. The Labute approximate surface area is 276 Å². The van der Waals surface area contributed by atoms with E-state index in [1.54, 1.807) is 12.2 Å². The molecular formula is C34H51N3O10. The quantitative estimate of drug-likeness (QED) is 0.159. The van der Waals surface area contributed by atoms with Crippen LogP contribution < -0.4 is 0 Å². The number of ketones is 2. The van der Waals surface area contributed by atoms with Gasteiger partial charge in [0.05, 0.1) is 30.7 Å². The minimum absolute atomic E-state index is 0.00622. The zero-order valence-corrected chi connectivity index (χ0v) is 27.8. The topological polar surface area (TPSA) is 159 Å². The lowest BCUT2D eigenvalue weighted by Gasteiger charge is -2.59. The van der Waals surface area contributed by atoms with Gasteiger partial charge in [-0.05, 0) is 62.5 Å². The average Bonchev–Trinajstić information content (AvgIpc) is 3.51. The highest BCUT2D eigenvalue weighted by molar-refractivity contribution is 6.01. The number of carbonyl (C=O) groups is 3. The summed E-state index contributed by atoms with van der Waals surface area (Å²) in [6, 6.07) is 0. The molecule has 0 aromatic carbocycles. The average molecular weight is 662 g/mol. The van der Waals surface area contributed by atoms with Crippen LogP contribution in [0.5, 0.6) is 0 Å². The molecule has 47 heavy (non-hydrogen) atoms. The molecule has 0 radical (unpaired) electrons. The summed E-state index contributed by atoms with van der Waals surface area (Å²) in [6.07, 6.45) is 8.29. The number of hydrogen-bond donors (Lipinski definition) is 3. The first kappa shape index (κ1) is 34.8. The molecule has 2 saturated heterocycles. The van der Waals surface area contributed by atoms with Gasteiger partial charge >= 0.3 is 5.97 Å². The van der Waals surface area contributed by atoms with Crippen LogP contribution in [0.2, 0.25) is 0 Å². The van der Waals surface area contributed by atoms with Gasteiger partial charge in [-0.25, -0.2) is 0 Å². The molecular weight excluding hydrogens is 610 g/mol. The molecule has 9 atom stereocenters. The lowest BCUT2D eigenvalue weighted by molar-refractivity contribution is -0.492. The summed E-state index contributed by atoms with van der Waals surface area (Å²) in [5.74, 6) is -0.684. The smallest absolute Gasteiger partial charge is 0.320 e. The maximum Gasteiger partial charge on any atom is 0.320 e. The van der Waals surface area contributed by atoms with Gasteiger partial charge in [0.25, 0.3) is 0 Å². The second kappa shape index (κ2) is 13.7. The Morgan fingerprint density at radius 2 is 1.89 bits per heavy atom. The highest BCUT2D eigenvalue weighted by Crippen LogP contribution is 2.69. The molecule has 5 fully saturated rings. The molecule has 13 heteroatoms. The number of fused-ring (bicyclic) bond motifs is 7. The third-order valence-corrected chi connectivity index (χ3v) is 12.2. The third kappa shape index (κ3) is 6.28. The minimum Gasteiger partial charge on any atom is -0.457 e. The highest BCUT2D eigenvalue weighted by Gasteiger charge is 2.75. The Kier molecular flexibility index (Phi) is 10.1. The fraction of sp³-hybridized carbons (Fsp3) is 0.794. The largest absolute Gasteiger partial charge is 0.457 e. The van der Waals surface area contributed by atoms with Gasteiger partial charge in [-0.15, -0.1) is 0 Å². The summed E-state index contributed by atoms with van der Waals surface area (Å²) in [6.45, 7) is 9.64. The van der Waals surface area contributed by atoms with Crippen molar-refractivity contribution < 1.29 is 49.0 Å². The fourth-order valence-corrected chi connectivity index (χ4v) is 10.1. The summed E-state index contributed by atoms with van der Waals surface area (Å²) in [7, 11) is 0. The molecule has 0 amide bonds. The van der Waals surface area contributed by atoms with E-state index in [0.717, 1.165) is 44.5 Å². The lowest BCUT2D eigenvalue weighted by atomic mass is 9.46. The van der Waals surface area contributed by atoms with Crippen molar-refractivity contribution in [3.63, 3.8) is 0 Å². The van der Waals surface area contributed by atoms with Crippen LogP contribution in [0.25, 0.3) is 0 Å². The molecule has 3 saturated carbocycles. The maximum absolute atomic E-state index is 14.4. The number of piperazine rings is 1. The first-order chi connectivity index (χ1) is 22.4. The first-order valence-electron chi connectivity index (χ1n) is 17.3. The lowest BCUT2D eigenvalue weighted by Crippen LogP contribution is -2.63. The van der Waals surface area contributed by atoms with E-state index in [-0.39, 0.29) is 47.9 Å². The molecule has 0 bridgehead atoms. The van der Waals surface area contributed by atoms with E-state index in [0.29, 0.717) is 38.8 Å². The van der Waals surface area contributed by atoms with Crippen molar-refractivity contribution in [1.82, 2.24) is 15.2 Å². The van der Waals surface area contributed by atoms with Crippen molar-refractivity contribution in [2.75, 3.05) is 52.5 Å². The molecule has 13 nitrogen and oxygen atoms in total. The molecule has 4 aliphatic carbocycles. The molecule has 0 spiro atoms. The van der Waals surface area contributed by atoms with Crippen molar-refractivity contribution in [1.29, 1.82) is 0 Å². The number of aliphatic hydroxyl groups excluding tert-OH is 1. The van der Waals surface area contributed by atoms with E-state index in [9.17, 15) is 19.5 Å². The second-order valence-electron chi connectivity index (χ2n) is 14.8. The Bertz CT molecular complexity index is 1270. The highest BCUT2D eigenvalue weighted by atomic mass is 17.1. The van der Waals surface area contributed by atoms with Gasteiger partial charge in [0, 0.05) is 49.5 Å². The summed E-state index contributed by atoms with van der Waals surface area (Å²) in [4.78, 5) is 48.4. The number of aliphatic hydroxyl groups is 1. The van der Waals surface area contributed by atoms with Crippen LogP contribution in [-0.4, -0.2) is 125 Å². The number of esters is 1. The van der Waals surface area contributed by atoms with Crippen molar-refractivity contribution in [3.8, 4) is 0 Å². The van der Waals surface area contributed by atoms with Gasteiger partial charge in [0.15, 0.2) is 24.3 Å². The van der Waals surface area contributed by atoms with Crippen LogP contribution in [0, 0.1) is 28.6 Å². The Morgan fingerprint density at radius 3 is 2.62 bits per heavy atom. The van der Waals surface area contributed by atoms with Gasteiger partial charge in [-0.1, -0.05) is 38.8 Å². The Morgan fingerprint density at radius 1 is 1.15 bits per heavy atom. The normalized spacial score (nSPS) is 40.1. The first-order valence-corrected chi connectivity index (χ1v) is 17.3. The van der Waals surface area contributed by atoms with Gasteiger partial charge in [0.2, 0.25) is 5.78 Å². The Hall–Kier alpha value is -2.07. The molecule has 3 N–H and O–H groups in total. The van der Waals surface area contributed by atoms with E-state index < -0.39 is 47.5 Å². The molecule has 2 aliphatic heterocycles. The van der Waals surface area contributed by atoms with Crippen molar-refractivity contribution in [3.05, 3.63) is 23.8 Å². The predicted octanol–water partition coefficient (Wildman–Crippen LogP) is 2.29. The summed E-state index contributed by atoms with van der Waals surface area (Å²) in [5.41, 5.74) is -1.38. The number of allylic oxidation sites excluding steroid dienone is 4. The molecule has 2 heterocycles. The van der Waals surface area contributed by atoms with Crippen LogP contribution in [0.4, 0.5) is 0 Å². The van der Waals surface area contributed by atoms with Gasteiger partial charge in [0.1, 0.15) is 0 Å². The number of Topliss-reactive ketones (excluding diaryl/α,β-unsaturated/α-hetero) is 1. The SMILES string of the molecule is CCCC1O[C@@H]2CC3C4CCC5=CC(=O)C=C[C@]5(C)C4[C@@H](O)C[C@]3(C)[C@]2(C(=O)COC(=O)CN2CCN(CCCON(O)O)CC2)O1. The summed E-state index contributed by atoms with van der Waals surface area (Å²) >= 11 is 0. The maximum atomic E-state index is 14.4. The minimum atomic E-state index is -1.32. The van der Waals surface area contributed by atoms with Crippen LogP contribution in [0.1, 0.15) is 65.7 Å². The Balaban J connectivity index is 1.11. The fourth-order valence-electron chi connectivity index (χ4n) is 10.1.